The zero-order chi connectivity index (χ0) is 13.9. The highest BCUT2D eigenvalue weighted by Crippen LogP contribution is 2.29. The fourth-order valence-corrected chi connectivity index (χ4v) is 1.46. The Morgan fingerprint density at radius 3 is 2.56 bits per heavy atom. The Morgan fingerprint density at radius 2 is 2.11 bits per heavy atom. The summed E-state index contributed by atoms with van der Waals surface area (Å²) in [4.78, 5) is 21.1. The molecule has 0 heterocycles. The lowest BCUT2D eigenvalue weighted by molar-refractivity contribution is -0.385. The number of nitrogens with zero attached hydrogens (tertiary/aromatic N) is 1. The van der Waals surface area contributed by atoms with Gasteiger partial charge in [-0.25, -0.2) is 4.79 Å². The zero-order valence-electron chi connectivity index (χ0n) is 10.5. The molecule has 0 saturated carbocycles. The molecule has 0 atom stereocenters. The number of carboxylic acid groups (broad SMARTS) is 1. The third-order valence-corrected chi connectivity index (χ3v) is 2.26. The van der Waals surface area contributed by atoms with Crippen molar-refractivity contribution in [1.29, 1.82) is 0 Å². The Hall–Kier alpha value is -2.11. The van der Waals surface area contributed by atoms with Gasteiger partial charge in [0.15, 0.2) is 0 Å². The molecule has 98 valence electrons. The molecular formula is C12H15NO5. The third-order valence-electron chi connectivity index (χ3n) is 2.26. The number of carbonyl (C=O) groups is 1. The van der Waals surface area contributed by atoms with Crippen LogP contribution < -0.4 is 4.74 Å². The van der Waals surface area contributed by atoms with Crippen LogP contribution in [0.3, 0.4) is 0 Å². The minimum absolute atomic E-state index is 0.178. The van der Waals surface area contributed by atoms with Crippen LogP contribution in [0.1, 0.15) is 29.8 Å². The van der Waals surface area contributed by atoms with E-state index in [2.05, 4.69) is 0 Å². The van der Waals surface area contributed by atoms with Crippen molar-refractivity contribution >= 4 is 11.7 Å². The highest BCUT2D eigenvalue weighted by molar-refractivity contribution is 5.92. The Bertz CT molecular complexity index is 482. The first kappa shape index (κ1) is 14.0. The van der Waals surface area contributed by atoms with Gasteiger partial charge in [0.1, 0.15) is 11.3 Å². The van der Waals surface area contributed by atoms with E-state index in [0.717, 1.165) is 6.07 Å². The van der Waals surface area contributed by atoms with E-state index in [-0.39, 0.29) is 22.9 Å². The van der Waals surface area contributed by atoms with Crippen LogP contribution in [0.5, 0.6) is 5.75 Å². The minimum Gasteiger partial charge on any atom is -0.492 e. The second kappa shape index (κ2) is 5.48. The van der Waals surface area contributed by atoms with E-state index in [0.29, 0.717) is 12.2 Å². The zero-order valence-corrected chi connectivity index (χ0v) is 10.5. The first-order chi connectivity index (χ1) is 8.32. The quantitative estimate of drug-likeness (QED) is 0.643. The van der Waals surface area contributed by atoms with Crippen LogP contribution in [0.15, 0.2) is 12.1 Å². The first-order valence-corrected chi connectivity index (χ1v) is 5.48. The highest BCUT2D eigenvalue weighted by Gasteiger charge is 2.20. The summed E-state index contributed by atoms with van der Waals surface area (Å²) in [6, 6.07) is 2.33. The predicted octanol–water partition coefficient (Wildman–Crippen LogP) is 2.64. The number of carboxylic acids is 1. The molecule has 0 amide bonds. The molecule has 0 spiro atoms. The lowest BCUT2D eigenvalue weighted by Crippen LogP contribution is -2.10. The molecule has 6 heteroatoms. The van der Waals surface area contributed by atoms with Crippen molar-refractivity contribution in [2.45, 2.75) is 20.8 Å². The van der Waals surface area contributed by atoms with Crippen LogP contribution in [0.4, 0.5) is 5.69 Å². The maximum atomic E-state index is 11.1. The van der Waals surface area contributed by atoms with Gasteiger partial charge in [0.25, 0.3) is 5.69 Å². The Balaban J connectivity index is 3.23. The fraction of sp³-hybridized carbons (Fsp3) is 0.417. The maximum absolute atomic E-state index is 11.1. The largest absolute Gasteiger partial charge is 0.492 e. The summed E-state index contributed by atoms with van der Waals surface area (Å²) in [6.07, 6.45) is 0. The van der Waals surface area contributed by atoms with E-state index in [9.17, 15) is 14.9 Å². The topological polar surface area (TPSA) is 89.7 Å². The van der Waals surface area contributed by atoms with Crippen LogP contribution in [0.25, 0.3) is 0 Å². The van der Waals surface area contributed by atoms with Gasteiger partial charge >= 0.3 is 5.97 Å². The van der Waals surface area contributed by atoms with Gasteiger partial charge in [-0.2, -0.15) is 0 Å². The third kappa shape index (κ3) is 3.19. The predicted molar refractivity (Wildman–Crippen MR) is 65.1 cm³/mol. The van der Waals surface area contributed by atoms with E-state index in [1.54, 1.807) is 6.92 Å². The summed E-state index contributed by atoms with van der Waals surface area (Å²) in [5.41, 5.74) is 0.0198. The monoisotopic (exact) mass is 253 g/mol. The Morgan fingerprint density at radius 1 is 1.50 bits per heavy atom. The number of nitro benzene ring substituents is 1. The molecule has 0 aromatic heterocycles. The summed E-state index contributed by atoms with van der Waals surface area (Å²) >= 11 is 0. The number of nitro groups is 1. The molecule has 0 bridgehead atoms. The number of hydrogen-bond acceptors (Lipinski definition) is 4. The molecule has 1 aromatic rings. The van der Waals surface area contributed by atoms with Crippen molar-refractivity contribution in [2.24, 2.45) is 5.92 Å². The van der Waals surface area contributed by atoms with Gasteiger partial charge in [-0.1, -0.05) is 13.8 Å². The number of rotatable bonds is 5. The van der Waals surface area contributed by atoms with Gasteiger partial charge < -0.3 is 9.84 Å². The standard InChI is InChI=1S/C12H15NO5/c1-7(2)6-18-11-8(3)4-9(13(16)17)5-10(11)12(14)15/h4-5,7H,6H2,1-3H3,(H,14,15). The summed E-state index contributed by atoms with van der Waals surface area (Å²) < 4.78 is 5.42. The van der Waals surface area contributed by atoms with Crippen molar-refractivity contribution in [3.8, 4) is 5.75 Å². The normalized spacial score (nSPS) is 10.4. The van der Waals surface area contributed by atoms with Crippen LogP contribution in [0, 0.1) is 23.0 Å². The van der Waals surface area contributed by atoms with Crippen molar-refractivity contribution < 1.29 is 19.6 Å². The van der Waals surface area contributed by atoms with Gasteiger partial charge in [-0.15, -0.1) is 0 Å². The molecule has 18 heavy (non-hydrogen) atoms. The van der Waals surface area contributed by atoms with E-state index >= 15 is 0 Å². The number of non-ortho nitro benzene ring substituents is 1. The molecule has 0 fully saturated rings. The van der Waals surface area contributed by atoms with Crippen LogP contribution in [0.2, 0.25) is 0 Å². The maximum Gasteiger partial charge on any atom is 0.339 e. The van der Waals surface area contributed by atoms with E-state index < -0.39 is 10.9 Å². The summed E-state index contributed by atoms with van der Waals surface area (Å²) in [7, 11) is 0. The molecule has 0 aliphatic carbocycles. The second-order valence-corrected chi connectivity index (χ2v) is 4.41. The van der Waals surface area contributed by atoms with Crippen LogP contribution in [-0.4, -0.2) is 22.6 Å². The van der Waals surface area contributed by atoms with Crippen LogP contribution in [-0.2, 0) is 0 Å². The lowest BCUT2D eigenvalue weighted by atomic mass is 10.1. The fourth-order valence-electron chi connectivity index (χ4n) is 1.46. The van der Waals surface area contributed by atoms with Gasteiger partial charge in [0, 0.05) is 12.1 Å². The van der Waals surface area contributed by atoms with Gasteiger partial charge in [-0.3, -0.25) is 10.1 Å². The summed E-state index contributed by atoms with van der Waals surface area (Å²) in [5.74, 6) is -0.802. The Labute approximate surface area is 104 Å². The lowest BCUT2D eigenvalue weighted by Gasteiger charge is -2.13. The van der Waals surface area contributed by atoms with Crippen molar-refractivity contribution in [3.05, 3.63) is 33.4 Å². The average Bonchev–Trinajstić information content (AvgIpc) is 2.25. The molecule has 1 aromatic carbocycles. The summed E-state index contributed by atoms with van der Waals surface area (Å²) in [5, 5.41) is 19.7. The molecule has 0 radical (unpaired) electrons. The second-order valence-electron chi connectivity index (χ2n) is 4.41. The number of ether oxygens (including phenoxy) is 1. The molecule has 1 N–H and O–H groups in total. The minimum atomic E-state index is -1.24. The van der Waals surface area contributed by atoms with Crippen molar-refractivity contribution in [1.82, 2.24) is 0 Å². The summed E-state index contributed by atoms with van der Waals surface area (Å²) in [6.45, 7) is 5.82. The van der Waals surface area contributed by atoms with E-state index in [4.69, 9.17) is 9.84 Å². The van der Waals surface area contributed by atoms with Crippen LogP contribution >= 0.6 is 0 Å². The number of benzene rings is 1. The molecule has 0 saturated heterocycles. The number of aromatic carboxylic acids is 1. The highest BCUT2D eigenvalue weighted by atomic mass is 16.6. The molecule has 0 unspecified atom stereocenters. The molecule has 1 rings (SSSR count). The Kier molecular flexibility index (Phi) is 4.25. The SMILES string of the molecule is Cc1cc([N+](=O)[O-])cc(C(=O)O)c1OCC(C)C. The van der Waals surface area contributed by atoms with Crippen molar-refractivity contribution in [3.63, 3.8) is 0 Å². The number of hydrogen-bond donors (Lipinski definition) is 1. The first-order valence-electron chi connectivity index (χ1n) is 5.48. The van der Waals surface area contributed by atoms with Gasteiger partial charge in [0.2, 0.25) is 0 Å². The number of aryl methyl sites for hydroxylation is 1. The molecule has 6 nitrogen and oxygen atoms in total. The molecular weight excluding hydrogens is 238 g/mol. The average molecular weight is 253 g/mol. The van der Waals surface area contributed by atoms with Gasteiger partial charge in [-0.05, 0) is 18.4 Å². The van der Waals surface area contributed by atoms with E-state index in [1.165, 1.54) is 6.07 Å². The van der Waals surface area contributed by atoms with Crippen molar-refractivity contribution in [2.75, 3.05) is 6.61 Å². The molecule has 0 aliphatic rings. The van der Waals surface area contributed by atoms with E-state index in [1.807, 2.05) is 13.8 Å². The smallest absolute Gasteiger partial charge is 0.339 e. The molecule has 0 aliphatic heterocycles. The van der Waals surface area contributed by atoms with Gasteiger partial charge in [0.05, 0.1) is 11.5 Å².